The lowest BCUT2D eigenvalue weighted by Gasteiger charge is -2.30. The van der Waals surface area contributed by atoms with E-state index >= 15 is 0 Å². The zero-order chi connectivity index (χ0) is 14.5. The highest BCUT2D eigenvalue weighted by Crippen LogP contribution is 2.30. The van der Waals surface area contributed by atoms with Crippen LogP contribution in [-0.4, -0.2) is 25.5 Å². The number of halogens is 1. The first-order valence-electron chi connectivity index (χ1n) is 7.49. The summed E-state index contributed by atoms with van der Waals surface area (Å²) in [6.45, 7) is 5.31. The van der Waals surface area contributed by atoms with Crippen molar-refractivity contribution in [2.24, 2.45) is 5.92 Å². The zero-order valence-corrected chi connectivity index (χ0v) is 13.3. The summed E-state index contributed by atoms with van der Waals surface area (Å²) >= 11 is 6.36. The van der Waals surface area contributed by atoms with Crippen molar-refractivity contribution in [3.8, 4) is 0 Å². The fourth-order valence-electron chi connectivity index (χ4n) is 2.98. The van der Waals surface area contributed by atoms with Crippen LogP contribution >= 0.6 is 11.6 Å². The average molecular weight is 293 g/mol. The van der Waals surface area contributed by atoms with E-state index in [9.17, 15) is 0 Å². The first-order valence-corrected chi connectivity index (χ1v) is 7.87. The Labute approximate surface area is 127 Å². The standard InChI is InChI=1S/C17H25ClN2/c1-13(16-10-9-15(19-2)11-17(16)18)20(3)12-14-7-5-4-6-8-14/h9-11,14,19H,1,4-8,12H2,2-3H3. The summed E-state index contributed by atoms with van der Waals surface area (Å²) in [6, 6.07) is 6.05. The molecule has 1 aliphatic rings. The van der Waals surface area contributed by atoms with Gasteiger partial charge in [-0.15, -0.1) is 0 Å². The van der Waals surface area contributed by atoms with Crippen molar-refractivity contribution in [3.63, 3.8) is 0 Å². The number of hydrogen-bond donors (Lipinski definition) is 1. The molecule has 0 saturated heterocycles. The molecule has 20 heavy (non-hydrogen) atoms. The van der Waals surface area contributed by atoms with Crippen molar-refractivity contribution in [1.29, 1.82) is 0 Å². The predicted octanol–water partition coefficient (Wildman–Crippen LogP) is 4.86. The van der Waals surface area contributed by atoms with Crippen molar-refractivity contribution in [3.05, 3.63) is 35.4 Å². The van der Waals surface area contributed by atoms with Gasteiger partial charge >= 0.3 is 0 Å². The van der Waals surface area contributed by atoms with E-state index in [4.69, 9.17) is 11.6 Å². The summed E-state index contributed by atoms with van der Waals surface area (Å²) in [7, 11) is 4.02. The Bertz CT molecular complexity index is 464. The summed E-state index contributed by atoms with van der Waals surface area (Å²) in [5, 5.41) is 3.86. The summed E-state index contributed by atoms with van der Waals surface area (Å²) in [5.74, 6) is 0.806. The molecular weight excluding hydrogens is 268 g/mol. The normalized spacial score (nSPS) is 15.9. The van der Waals surface area contributed by atoms with Gasteiger partial charge in [0.25, 0.3) is 0 Å². The maximum absolute atomic E-state index is 6.36. The number of benzene rings is 1. The van der Waals surface area contributed by atoms with E-state index < -0.39 is 0 Å². The van der Waals surface area contributed by atoms with Crippen molar-refractivity contribution in [2.45, 2.75) is 32.1 Å². The van der Waals surface area contributed by atoms with E-state index in [0.29, 0.717) is 0 Å². The van der Waals surface area contributed by atoms with Crippen LogP contribution < -0.4 is 5.32 Å². The molecule has 1 saturated carbocycles. The van der Waals surface area contributed by atoms with E-state index in [1.54, 1.807) is 0 Å². The molecule has 0 radical (unpaired) electrons. The van der Waals surface area contributed by atoms with Gasteiger partial charge < -0.3 is 10.2 Å². The maximum Gasteiger partial charge on any atom is 0.0519 e. The molecule has 0 bridgehead atoms. The van der Waals surface area contributed by atoms with Gasteiger partial charge in [-0.3, -0.25) is 0 Å². The molecule has 2 nitrogen and oxygen atoms in total. The Morgan fingerprint density at radius 2 is 2.05 bits per heavy atom. The average Bonchev–Trinajstić information content (AvgIpc) is 2.47. The minimum Gasteiger partial charge on any atom is -0.388 e. The molecule has 1 fully saturated rings. The lowest BCUT2D eigenvalue weighted by atomic mass is 9.89. The van der Waals surface area contributed by atoms with E-state index in [1.807, 2.05) is 25.2 Å². The lowest BCUT2D eigenvalue weighted by Crippen LogP contribution is -2.25. The van der Waals surface area contributed by atoms with Gasteiger partial charge in [0.2, 0.25) is 0 Å². The van der Waals surface area contributed by atoms with Crippen molar-refractivity contribution in [1.82, 2.24) is 4.90 Å². The molecule has 0 spiro atoms. The molecule has 1 N–H and O–H groups in total. The molecular formula is C17H25ClN2. The molecule has 2 rings (SSSR count). The lowest BCUT2D eigenvalue weighted by molar-refractivity contribution is 0.289. The second kappa shape index (κ2) is 7.03. The molecule has 1 aliphatic carbocycles. The first kappa shape index (κ1) is 15.2. The van der Waals surface area contributed by atoms with Crippen LogP contribution in [0.3, 0.4) is 0 Å². The maximum atomic E-state index is 6.36. The molecule has 0 aliphatic heterocycles. The van der Waals surface area contributed by atoms with Crippen LogP contribution in [0.5, 0.6) is 0 Å². The van der Waals surface area contributed by atoms with Gasteiger partial charge in [-0.2, -0.15) is 0 Å². The van der Waals surface area contributed by atoms with Crippen LogP contribution in [0.15, 0.2) is 24.8 Å². The molecule has 1 aromatic carbocycles. The zero-order valence-electron chi connectivity index (χ0n) is 12.6. The Kier molecular flexibility index (Phi) is 5.36. The Morgan fingerprint density at radius 3 is 2.65 bits per heavy atom. The van der Waals surface area contributed by atoms with Crippen LogP contribution in [0.1, 0.15) is 37.7 Å². The number of hydrogen-bond acceptors (Lipinski definition) is 2. The minimum atomic E-state index is 0.761. The van der Waals surface area contributed by atoms with Crippen LogP contribution in [0.25, 0.3) is 5.70 Å². The number of anilines is 1. The summed E-state index contributed by atoms with van der Waals surface area (Å²) < 4.78 is 0. The molecule has 110 valence electrons. The van der Waals surface area contributed by atoms with E-state index in [-0.39, 0.29) is 0 Å². The highest BCUT2D eigenvalue weighted by atomic mass is 35.5. The molecule has 0 amide bonds. The highest BCUT2D eigenvalue weighted by molar-refractivity contribution is 6.32. The Hall–Kier alpha value is -1.15. The smallest absolute Gasteiger partial charge is 0.0519 e. The largest absolute Gasteiger partial charge is 0.388 e. The van der Waals surface area contributed by atoms with Gasteiger partial charge in [0.05, 0.1) is 5.02 Å². The van der Waals surface area contributed by atoms with Gasteiger partial charge in [0.1, 0.15) is 0 Å². The Morgan fingerprint density at radius 1 is 1.35 bits per heavy atom. The van der Waals surface area contributed by atoms with Gasteiger partial charge in [-0.05, 0) is 37.0 Å². The van der Waals surface area contributed by atoms with Crippen LogP contribution in [-0.2, 0) is 0 Å². The fraction of sp³-hybridized carbons (Fsp3) is 0.529. The van der Waals surface area contributed by atoms with Crippen LogP contribution in [0.4, 0.5) is 5.69 Å². The SMILES string of the molecule is C=C(c1ccc(NC)cc1Cl)N(C)CC1CCCCC1. The second-order valence-electron chi connectivity index (χ2n) is 5.78. The molecule has 0 heterocycles. The van der Waals surface area contributed by atoms with E-state index in [0.717, 1.165) is 34.4 Å². The summed E-state index contributed by atoms with van der Waals surface area (Å²) in [4.78, 5) is 2.26. The third-order valence-corrected chi connectivity index (χ3v) is 4.60. The summed E-state index contributed by atoms with van der Waals surface area (Å²) in [5.41, 5.74) is 3.08. The quantitative estimate of drug-likeness (QED) is 0.833. The molecule has 0 unspecified atom stereocenters. The number of nitrogens with zero attached hydrogens (tertiary/aromatic N) is 1. The van der Waals surface area contributed by atoms with Gasteiger partial charge in [-0.25, -0.2) is 0 Å². The Balaban J connectivity index is 2.02. The summed E-state index contributed by atoms with van der Waals surface area (Å²) in [6.07, 6.45) is 6.86. The minimum absolute atomic E-state index is 0.761. The van der Waals surface area contributed by atoms with Gasteiger partial charge in [-0.1, -0.05) is 37.4 Å². The van der Waals surface area contributed by atoms with Crippen molar-refractivity contribution >= 4 is 23.0 Å². The van der Waals surface area contributed by atoms with E-state index in [1.165, 1.54) is 32.1 Å². The van der Waals surface area contributed by atoms with Crippen LogP contribution in [0.2, 0.25) is 5.02 Å². The third-order valence-electron chi connectivity index (χ3n) is 4.29. The first-order chi connectivity index (χ1) is 9.61. The topological polar surface area (TPSA) is 15.3 Å². The number of rotatable bonds is 5. The van der Waals surface area contributed by atoms with Gasteiger partial charge in [0, 0.05) is 37.6 Å². The molecule has 3 heteroatoms. The molecule has 0 aromatic heterocycles. The fourth-order valence-corrected chi connectivity index (χ4v) is 3.27. The highest BCUT2D eigenvalue weighted by Gasteiger charge is 2.17. The molecule has 0 atom stereocenters. The monoisotopic (exact) mass is 292 g/mol. The molecule has 1 aromatic rings. The predicted molar refractivity (Wildman–Crippen MR) is 89.2 cm³/mol. The van der Waals surface area contributed by atoms with Crippen molar-refractivity contribution < 1.29 is 0 Å². The number of nitrogens with one attached hydrogen (secondary N) is 1. The second-order valence-corrected chi connectivity index (χ2v) is 6.18. The van der Waals surface area contributed by atoms with Crippen molar-refractivity contribution in [2.75, 3.05) is 26.0 Å². The van der Waals surface area contributed by atoms with E-state index in [2.05, 4.69) is 23.8 Å². The van der Waals surface area contributed by atoms with Gasteiger partial charge in [0.15, 0.2) is 0 Å². The van der Waals surface area contributed by atoms with Crippen LogP contribution in [0, 0.1) is 5.92 Å². The third kappa shape index (κ3) is 3.69.